The monoisotopic (exact) mass is 439 g/mol. The first kappa shape index (κ1) is 19.5. The Hall–Kier alpha value is -4.13. The van der Waals surface area contributed by atoms with Gasteiger partial charge >= 0.3 is 0 Å². The van der Waals surface area contributed by atoms with Crippen molar-refractivity contribution in [3.05, 3.63) is 101 Å². The molecule has 4 atom stereocenters. The summed E-state index contributed by atoms with van der Waals surface area (Å²) in [5.41, 5.74) is 2.30. The van der Waals surface area contributed by atoms with Crippen molar-refractivity contribution in [1.82, 2.24) is 5.01 Å². The zero-order valence-corrected chi connectivity index (χ0v) is 17.3. The van der Waals surface area contributed by atoms with Crippen LogP contribution in [0.1, 0.15) is 27.5 Å². The van der Waals surface area contributed by atoms with E-state index in [1.165, 1.54) is 18.2 Å². The molecule has 3 aliphatic rings. The Morgan fingerprint density at radius 1 is 0.848 bits per heavy atom. The molecule has 33 heavy (non-hydrogen) atoms. The van der Waals surface area contributed by atoms with Gasteiger partial charge in [0.05, 0.1) is 29.8 Å². The number of Topliss-reactive ketones (excluding diaryl/α,β-unsaturated/α-hetero) is 1. The molecular weight excluding hydrogens is 421 g/mol. The summed E-state index contributed by atoms with van der Waals surface area (Å²) in [7, 11) is 0. The number of amides is 2. The van der Waals surface area contributed by atoms with Gasteiger partial charge < -0.3 is 0 Å². The third kappa shape index (κ3) is 2.78. The van der Waals surface area contributed by atoms with Crippen LogP contribution in [0.3, 0.4) is 0 Å². The minimum atomic E-state index is -0.943. The van der Waals surface area contributed by atoms with Crippen molar-refractivity contribution in [2.75, 3.05) is 4.90 Å². The maximum atomic E-state index is 13.9. The number of rotatable bonds is 3. The normalized spacial score (nSPS) is 25.1. The Bertz CT molecular complexity index is 1340. The molecular formula is C26H18FN3O3. The maximum absolute atomic E-state index is 13.9. The quantitative estimate of drug-likeness (QED) is 0.462. The van der Waals surface area contributed by atoms with Gasteiger partial charge in [-0.3, -0.25) is 19.4 Å². The average Bonchev–Trinajstić information content (AvgIpc) is 3.32. The van der Waals surface area contributed by atoms with E-state index in [1.807, 2.05) is 30.3 Å². The lowest BCUT2D eigenvalue weighted by atomic mass is 9.83. The van der Waals surface area contributed by atoms with Gasteiger partial charge in [-0.1, -0.05) is 60.7 Å². The molecule has 0 radical (unpaired) electrons. The zero-order valence-electron chi connectivity index (χ0n) is 17.3. The van der Waals surface area contributed by atoms with Crippen LogP contribution in [0.4, 0.5) is 10.1 Å². The molecule has 6 nitrogen and oxygen atoms in total. The third-order valence-electron chi connectivity index (χ3n) is 6.69. The topological polar surface area (TPSA) is 70.0 Å². The number of halogens is 1. The van der Waals surface area contributed by atoms with Gasteiger partial charge in [0.15, 0.2) is 5.78 Å². The highest BCUT2D eigenvalue weighted by molar-refractivity contribution is 6.24. The third-order valence-corrected chi connectivity index (χ3v) is 6.69. The first-order chi connectivity index (χ1) is 16.1. The van der Waals surface area contributed by atoms with Gasteiger partial charge in [-0.25, -0.2) is 9.29 Å². The van der Waals surface area contributed by atoms with Gasteiger partial charge in [0.2, 0.25) is 11.8 Å². The molecule has 162 valence electrons. The van der Waals surface area contributed by atoms with Gasteiger partial charge in [0, 0.05) is 5.56 Å². The summed E-state index contributed by atoms with van der Waals surface area (Å²) in [4.78, 5) is 42.0. The van der Waals surface area contributed by atoms with Crippen LogP contribution in [-0.2, 0) is 9.59 Å². The van der Waals surface area contributed by atoms with Gasteiger partial charge in [0.25, 0.3) is 0 Å². The Morgan fingerprint density at radius 3 is 2.36 bits per heavy atom. The van der Waals surface area contributed by atoms with Crippen molar-refractivity contribution in [3.8, 4) is 0 Å². The predicted octanol–water partition coefficient (Wildman–Crippen LogP) is 3.59. The van der Waals surface area contributed by atoms with E-state index in [0.717, 1.165) is 22.1 Å². The molecule has 3 aliphatic heterocycles. The number of anilines is 1. The molecule has 0 unspecified atom stereocenters. The molecule has 3 aromatic rings. The fourth-order valence-corrected chi connectivity index (χ4v) is 5.31. The molecule has 0 aliphatic carbocycles. The van der Waals surface area contributed by atoms with Crippen molar-refractivity contribution >= 4 is 29.5 Å². The number of hydrogen-bond acceptors (Lipinski definition) is 5. The van der Waals surface area contributed by atoms with Gasteiger partial charge in [-0.05, 0) is 29.3 Å². The summed E-state index contributed by atoms with van der Waals surface area (Å²) < 4.78 is 13.9. The van der Waals surface area contributed by atoms with Crippen LogP contribution >= 0.6 is 0 Å². The van der Waals surface area contributed by atoms with Crippen LogP contribution in [-0.4, -0.2) is 34.9 Å². The highest BCUT2D eigenvalue weighted by atomic mass is 19.1. The molecule has 0 bridgehead atoms. The number of ketones is 1. The summed E-state index contributed by atoms with van der Waals surface area (Å²) in [5, 5.41) is 6.15. The van der Waals surface area contributed by atoms with E-state index >= 15 is 0 Å². The Balaban J connectivity index is 1.51. The Kier molecular flexibility index (Phi) is 4.26. The lowest BCUT2D eigenvalue weighted by Crippen LogP contribution is -2.44. The van der Waals surface area contributed by atoms with Crippen molar-refractivity contribution in [3.63, 3.8) is 0 Å². The second-order valence-electron chi connectivity index (χ2n) is 8.42. The molecule has 3 aromatic carbocycles. The largest absolute Gasteiger partial charge is 0.292 e. The molecule has 6 rings (SSSR count). The number of nitrogens with zero attached hydrogens (tertiary/aromatic N) is 3. The number of hydrazone groups is 1. The first-order valence-corrected chi connectivity index (χ1v) is 10.7. The summed E-state index contributed by atoms with van der Waals surface area (Å²) in [6, 6.07) is 20.1. The smallest absolute Gasteiger partial charge is 0.240 e. The van der Waals surface area contributed by atoms with E-state index in [9.17, 15) is 18.8 Å². The second kappa shape index (κ2) is 7.20. The number of fused-ring (bicyclic) bond motifs is 5. The zero-order chi connectivity index (χ0) is 22.7. The highest BCUT2D eigenvalue weighted by Gasteiger charge is 2.65. The van der Waals surface area contributed by atoms with E-state index in [0.29, 0.717) is 5.56 Å². The predicted molar refractivity (Wildman–Crippen MR) is 119 cm³/mol. The van der Waals surface area contributed by atoms with Crippen molar-refractivity contribution in [2.45, 2.75) is 12.1 Å². The minimum Gasteiger partial charge on any atom is -0.292 e. The molecule has 2 fully saturated rings. The second-order valence-corrected chi connectivity index (χ2v) is 8.42. The fourth-order valence-electron chi connectivity index (χ4n) is 5.31. The lowest BCUT2D eigenvalue weighted by molar-refractivity contribution is -0.124. The van der Waals surface area contributed by atoms with Crippen LogP contribution < -0.4 is 4.90 Å². The summed E-state index contributed by atoms with van der Waals surface area (Å²) in [6.07, 6.45) is 1.66. The molecule has 0 aromatic heterocycles. The van der Waals surface area contributed by atoms with E-state index in [-0.39, 0.29) is 11.5 Å². The van der Waals surface area contributed by atoms with Crippen molar-refractivity contribution in [1.29, 1.82) is 0 Å². The van der Waals surface area contributed by atoms with Crippen molar-refractivity contribution < 1.29 is 18.8 Å². The van der Waals surface area contributed by atoms with E-state index in [1.54, 1.807) is 35.5 Å². The van der Waals surface area contributed by atoms with E-state index < -0.39 is 41.6 Å². The van der Waals surface area contributed by atoms with Gasteiger partial charge in [-0.2, -0.15) is 5.10 Å². The molecule has 3 heterocycles. The van der Waals surface area contributed by atoms with E-state index in [4.69, 9.17) is 0 Å². The summed E-state index contributed by atoms with van der Waals surface area (Å²) >= 11 is 0. The molecule has 2 amide bonds. The van der Waals surface area contributed by atoms with Crippen LogP contribution in [0, 0.1) is 17.7 Å². The van der Waals surface area contributed by atoms with Gasteiger partial charge in [0.1, 0.15) is 11.9 Å². The average molecular weight is 439 g/mol. The Morgan fingerprint density at radius 2 is 1.58 bits per heavy atom. The maximum Gasteiger partial charge on any atom is 0.240 e. The van der Waals surface area contributed by atoms with Crippen LogP contribution in [0.5, 0.6) is 0 Å². The van der Waals surface area contributed by atoms with Gasteiger partial charge in [-0.15, -0.1) is 0 Å². The van der Waals surface area contributed by atoms with Crippen LogP contribution in [0.15, 0.2) is 84.0 Å². The first-order valence-electron chi connectivity index (χ1n) is 10.7. The Labute approximate surface area is 188 Å². The number of benzene rings is 3. The minimum absolute atomic E-state index is 0.171. The SMILES string of the molecule is O=C(c1ccccc1)[C@@H]1[C@@H]2C(=O)N(c3cccc(F)c3)C(=O)[C@H]2[C@H]2c3ccccc3C=NN12. The molecule has 0 spiro atoms. The lowest BCUT2D eigenvalue weighted by Gasteiger charge is -2.33. The number of carbonyl (C=O) groups excluding carboxylic acids is 3. The van der Waals surface area contributed by atoms with Crippen molar-refractivity contribution in [2.24, 2.45) is 16.9 Å². The highest BCUT2D eigenvalue weighted by Crippen LogP contribution is 2.53. The van der Waals surface area contributed by atoms with E-state index in [2.05, 4.69) is 5.10 Å². The number of carbonyl (C=O) groups is 3. The molecule has 7 heteroatoms. The summed E-state index contributed by atoms with van der Waals surface area (Å²) in [5.74, 6) is -3.50. The van der Waals surface area contributed by atoms with Crippen LogP contribution in [0.2, 0.25) is 0 Å². The standard InChI is InChI=1S/C26H18FN3O3/c27-17-10-6-11-18(13-17)29-25(32)20-21(26(29)33)23(24(31)15-7-2-1-3-8-15)30-22(20)19-12-5-4-9-16(19)14-28-30/h1-14,20-23H/t20-,21-,22-,23+/m1/s1. The molecule has 2 saturated heterocycles. The summed E-state index contributed by atoms with van der Waals surface area (Å²) in [6.45, 7) is 0. The fraction of sp³-hybridized carbons (Fsp3) is 0.154. The number of imide groups is 1. The molecule has 0 saturated carbocycles. The number of hydrogen-bond donors (Lipinski definition) is 0. The molecule has 0 N–H and O–H groups in total. The van der Waals surface area contributed by atoms with Crippen LogP contribution in [0.25, 0.3) is 0 Å².